The van der Waals surface area contributed by atoms with Gasteiger partial charge in [0, 0.05) is 19.3 Å². The molecule has 1 unspecified atom stereocenters. The minimum absolute atomic E-state index is 0. The Labute approximate surface area is 202 Å². The SMILES string of the molecule is CCN(CC)C(CNC(=NC)NCc1nncn1-c1ccccc1)c1ccccc1.I. The summed E-state index contributed by atoms with van der Waals surface area (Å²) in [7, 11) is 1.78. The zero-order chi connectivity index (χ0) is 21.2. The van der Waals surface area contributed by atoms with Gasteiger partial charge in [-0.2, -0.15) is 0 Å². The number of para-hydroxylation sites is 1. The Bertz CT molecular complexity index is 908. The Morgan fingerprint density at radius 3 is 2.26 bits per heavy atom. The van der Waals surface area contributed by atoms with Crippen LogP contribution in [0.1, 0.15) is 31.3 Å². The van der Waals surface area contributed by atoms with Gasteiger partial charge < -0.3 is 10.6 Å². The highest BCUT2D eigenvalue weighted by atomic mass is 127. The van der Waals surface area contributed by atoms with Gasteiger partial charge in [-0.15, -0.1) is 34.2 Å². The lowest BCUT2D eigenvalue weighted by Gasteiger charge is -2.30. The molecule has 0 radical (unpaired) electrons. The average molecular weight is 533 g/mol. The summed E-state index contributed by atoms with van der Waals surface area (Å²) in [5.41, 5.74) is 2.33. The number of nitrogens with one attached hydrogen (secondary N) is 2. The summed E-state index contributed by atoms with van der Waals surface area (Å²) in [5.74, 6) is 1.57. The number of hydrogen-bond acceptors (Lipinski definition) is 4. The monoisotopic (exact) mass is 533 g/mol. The van der Waals surface area contributed by atoms with Gasteiger partial charge in [-0.05, 0) is 30.8 Å². The summed E-state index contributed by atoms with van der Waals surface area (Å²) in [4.78, 5) is 6.83. The standard InChI is InChI=1S/C23H31N7.HI/c1-4-29(5-2)21(19-12-8-6-9-13-19)16-25-23(24-3)26-17-22-28-27-18-30(22)20-14-10-7-11-15-20;/h6-15,18,21H,4-5,16-17H2,1-3H3,(H2,24,25,26);1H. The van der Waals surface area contributed by atoms with Crippen LogP contribution in [0.5, 0.6) is 0 Å². The van der Waals surface area contributed by atoms with Crippen molar-refractivity contribution in [2.45, 2.75) is 26.4 Å². The van der Waals surface area contributed by atoms with Crippen molar-refractivity contribution in [2.75, 3.05) is 26.7 Å². The van der Waals surface area contributed by atoms with Crippen LogP contribution in [0, 0.1) is 0 Å². The summed E-state index contributed by atoms with van der Waals surface area (Å²) >= 11 is 0. The number of rotatable bonds is 9. The first kappa shape index (κ1) is 24.8. The molecule has 0 aliphatic heterocycles. The molecule has 8 heteroatoms. The molecule has 2 N–H and O–H groups in total. The third kappa shape index (κ3) is 6.76. The van der Waals surface area contributed by atoms with Gasteiger partial charge in [-0.1, -0.05) is 62.4 Å². The Balaban J connectivity index is 0.00000341. The van der Waals surface area contributed by atoms with Gasteiger partial charge in [0.15, 0.2) is 11.8 Å². The second kappa shape index (κ2) is 13.1. The second-order valence-corrected chi connectivity index (χ2v) is 6.91. The highest BCUT2D eigenvalue weighted by Gasteiger charge is 2.18. The molecule has 0 bridgehead atoms. The van der Waals surface area contributed by atoms with E-state index in [4.69, 9.17) is 0 Å². The number of hydrogen-bond donors (Lipinski definition) is 2. The van der Waals surface area contributed by atoms with E-state index in [0.29, 0.717) is 6.54 Å². The molecule has 0 fully saturated rings. The van der Waals surface area contributed by atoms with Crippen LogP contribution in [0.25, 0.3) is 5.69 Å². The molecule has 0 saturated carbocycles. The van der Waals surface area contributed by atoms with Crippen LogP contribution in [0.3, 0.4) is 0 Å². The normalized spacial score (nSPS) is 12.3. The summed E-state index contributed by atoms with van der Waals surface area (Å²) in [5, 5.41) is 15.2. The smallest absolute Gasteiger partial charge is 0.191 e. The maximum Gasteiger partial charge on any atom is 0.191 e. The summed E-state index contributed by atoms with van der Waals surface area (Å²) in [6, 6.07) is 21.0. The van der Waals surface area contributed by atoms with Gasteiger partial charge >= 0.3 is 0 Å². The van der Waals surface area contributed by atoms with Crippen LogP contribution in [0.4, 0.5) is 0 Å². The molecule has 2 aromatic carbocycles. The maximum absolute atomic E-state index is 4.38. The van der Waals surface area contributed by atoms with E-state index in [1.165, 1.54) is 5.56 Å². The average Bonchev–Trinajstić information content (AvgIpc) is 3.28. The van der Waals surface area contributed by atoms with Crippen molar-refractivity contribution in [3.8, 4) is 5.69 Å². The van der Waals surface area contributed by atoms with Crippen molar-refractivity contribution in [1.82, 2.24) is 30.3 Å². The van der Waals surface area contributed by atoms with Crippen LogP contribution < -0.4 is 10.6 Å². The minimum atomic E-state index is 0. The van der Waals surface area contributed by atoms with E-state index in [1.54, 1.807) is 13.4 Å². The van der Waals surface area contributed by atoms with E-state index in [0.717, 1.165) is 37.1 Å². The quantitative estimate of drug-likeness (QED) is 0.250. The van der Waals surface area contributed by atoms with Gasteiger partial charge in [0.1, 0.15) is 6.33 Å². The number of nitrogens with zero attached hydrogens (tertiary/aromatic N) is 5. The molecule has 3 rings (SSSR count). The first-order valence-corrected chi connectivity index (χ1v) is 10.4. The van der Waals surface area contributed by atoms with E-state index < -0.39 is 0 Å². The predicted octanol–water partition coefficient (Wildman–Crippen LogP) is 3.63. The fourth-order valence-electron chi connectivity index (χ4n) is 3.56. The molecule has 7 nitrogen and oxygen atoms in total. The highest BCUT2D eigenvalue weighted by molar-refractivity contribution is 14.0. The molecule has 3 aromatic rings. The van der Waals surface area contributed by atoms with Gasteiger partial charge in [0.25, 0.3) is 0 Å². The number of aromatic nitrogens is 3. The zero-order valence-corrected chi connectivity index (χ0v) is 20.7. The Kier molecular flexibility index (Phi) is 10.5. The number of halogens is 1. The fourth-order valence-corrected chi connectivity index (χ4v) is 3.56. The number of benzene rings is 2. The van der Waals surface area contributed by atoms with E-state index in [-0.39, 0.29) is 30.0 Å². The zero-order valence-electron chi connectivity index (χ0n) is 18.4. The van der Waals surface area contributed by atoms with E-state index >= 15 is 0 Å². The third-order valence-corrected chi connectivity index (χ3v) is 5.19. The van der Waals surface area contributed by atoms with Crippen LogP contribution in [0.15, 0.2) is 72.0 Å². The lowest BCUT2D eigenvalue weighted by Crippen LogP contribution is -2.43. The molecule has 1 aromatic heterocycles. The highest BCUT2D eigenvalue weighted by Crippen LogP contribution is 2.19. The number of likely N-dealkylation sites (N-methyl/N-ethyl adjacent to an activating group) is 1. The maximum atomic E-state index is 4.38. The summed E-state index contributed by atoms with van der Waals surface area (Å²) in [6.45, 7) is 7.66. The predicted molar refractivity (Wildman–Crippen MR) is 137 cm³/mol. The summed E-state index contributed by atoms with van der Waals surface area (Å²) in [6.07, 6.45) is 1.73. The van der Waals surface area contributed by atoms with Crippen molar-refractivity contribution in [1.29, 1.82) is 0 Å². The summed E-state index contributed by atoms with van der Waals surface area (Å²) < 4.78 is 1.98. The van der Waals surface area contributed by atoms with Crippen LogP contribution >= 0.6 is 24.0 Å². The molecule has 1 atom stereocenters. The van der Waals surface area contributed by atoms with Crippen LogP contribution in [-0.4, -0.2) is 52.3 Å². The number of guanidine groups is 1. The van der Waals surface area contributed by atoms with Gasteiger partial charge in [-0.3, -0.25) is 14.5 Å². The molecule has 1 heterocycles. The Morgan fingerprint density at radius 2 is 1.65 bits per heavy atom. The lowest BCUT2D eigenvalue weighted by molar-refractivity contribution is 0.219. The molecular weight excluding hydrogens is 501 g/mol. The van der Waals surface area contributed by atoms with Crippen molar-refractivity contribution in [3.05, 3.63) is 78.4 Å². The van der Waals surface area contributed by atoms with Crippen molar-refractivity contribution in [3.63, 3.8) is 0 Å². The van der Waals surface area contributed by atoms with Crippen molar-refractivity contribution in [2.24, 2.45) is 4.99 Å². The Hall–Kier alpha value is -2.46. The minimum Gasteiger partial charge on any atom is -0.354 e. The van der Waals surface area contributed by atoms with Crippen molar-refractivity contribution < 1.29 is 0 Å². The molecule has 0 aliphatic carbocycles. The molecule has 0 aliphatic rings. The van der Waals surface area contributed by atoms with E-state index in [9.17, 15) is 0 Å². The molecule has 0 saturated heterocycles. The first-order valence-electron chi connectivity index (χ1n) is 10.4. The van der Waals surface area contributed by atoms with Gasteiger partial charge in [0.05, 0.1) is 12.6 Å². The van der Waals surface area contributed by atoms with Crippen LogP contribution in [0.2, 0.25) is 0 Å². The molecule has 0 spiro atoms. The second-order valence-electron chi connectivity index (χ2n) is 6.91. The fraction of sp³-hybridized carbons (Fsp3) is 0.348. The largest absolute Gasteiger partial charge is 0.354 e. The molecule has 166 valence electrons. The van der Waals surface area contributed by atoms with Gasteiger partial charge in [-0.25, -0.2) is 0 Å². The molecule has 31 heavy (non-hydrogen) atoms. The first-order chi connectivity index (χ1) is 14.8. The lowest BCUT2D eigenvalue weighted by atomic mass is 10.1. The topological polar surface area (TPSA) is 70.4 Å². The Morgan fingerprint density at radius 1 is 1.00 bits per heavy atom. The van der Waals surface area contributed by atoms with E-state index in [1.807, 2.05) is 34.9 Å². The molecule has 0 amide bonds. The number of aliphatic imine (C=N–C) groups is 1. The van der Waals surface area contributed by atoms with E-state index in [2.05, 4.69) is 74.9 Å². The molecular formula is C23H32IN7. The van der Waals surface area contributed by atoms with Crippen LogP contribution in [-0.2, 0) is 6.54 Å². The third-order valence-electron chi connectivity index (χ3n) is 5.19. The van der Waals surface area contributed by atoms with Gasteiger partial charge in [0.2, 0.25) is 0 Å². The van der Waals surface area contributed by atoms with Crippen molar-refractivity contribution >= 4 is 29.9 Å².